The van der Waals surface area contributed by atoms with Crippen molar-refractivity contribution in [2.45, 2.75) is 19.5 Å². The van der Waals surface area contributed by atoms with E-state index in [1.54, 1.807) is 11.7 Å². The van der Waals surface area contributed by atoms with E-state index in [0.717, 1.165) is 0 Å². The second-order valence-electron chi connectivity index (χ2n) is 3.33. The average molecular weight is 233 g/mol. The highest BCUT2D eigenvalue weighted by Gasteiger charge is 2.06. The fraction of sp³-hybridized carbons (Fsp3) is 0.857. The summed E-state index contributed by atoms with van der Waals surface area (Å²) in [7, 11) is -1.10. The second-order valence-corrected chi connectivity index (χ2v) is 5.59. The maximum atomic E-state index is 10.9. The lowest BCUT2D eigenvalue weighted by Gasteiger charge is -2.02. The summed E-state index contributed by atoms with van der Waals surface area (Å²) in [4.78, 5) is 0. The first-order valence-corrected chi connectivity index (χ1v) is 6.66. The molecule has 1 heterocycles. The lowest BCUT2D eigenvalue weighted by molar-refractivity contribution is 0.539. The molecule has 0 fully saturated rings. The van der Waals surface area contributed by atoms with Crippen molar-refractivity contribution in [2.75, 3.05) is 19.1 Å². The van der Waals surface area contributed by atoms with Crippen molar-refractivity contribution in [2.24, 2.45) is 0 Å². The van der Waals surface area contributed by atoms with Crippen LogP contribution in [0, 0.1) is 0 Å². The number of aryl methyl sites for hydroxylation is 1. The molecule has 0 aromatic carbocycles. The number of hydrogen-bond donors (Lipinski definition) is 1. The molecule has 0 saturated carbocycles. The molecule has 1 aromatic rings. The van der Waals surface area contributed by atoms with Gasteiger partial charge in [0.25, 0.3) is 0 Å². The molecule has 8 heteroatoms. The van der Waals surface area contributed by atoms with E-state index < -0.39 is 9.84 Å². The Morgan fingerprint density at radius 2 is 2.20 bits per heavy atom. The largest absolute Gasteiger partial charge is 0.313 e. The number of rotatable bonds is 6. The molecular weight excluding hydrogens is 218 g/mol. The zero-order chi connectivity index (χ0) is 11.3. The minimum atomic E-state index is -2.90. The predicted molar refractivity (Wildman–Crippen MR) is 54.9 cm³/mol. The van der Waals surface area contributed by atoms with Gasteiger partial charge in [-0.1, -0.05) is 0 Å². The lowest BCUT2D eigenvalue weighted by Crippen LogP contribution is -2.15. The van der Waals surface area contributed by atoms with Gasteiger partial charge < -0.3 is 5.32 Å². The summed E-state index contributed by atoms with van der Waals surface area (Å²) in [6, 6.07) is 0. The van der Waals surface area contributed by atoms with Crippen LogP contribution in [0.1, 0.15) is 12.2 Å². The normalized spacial score (nSPS) is 11.9. The Hall–Kier alpha value is -1.02. The zero-order valence-corrected chi connectivity index (χ0v) is 9.66. The van der Waals surface area contributed by atoms with Crippen molar-refractivity contribution in [3.05, 3.63) is 5.82 Å². The monoisotopic (exact) mass is 233 g/mol. The van der Waals surface area contributed by atoms with Gasteiger partial charge >= 0.3 is 0 Å². The molecule has 0 amide bonds. The summed E-state index contributed by atoms with van der Waals surface area (Å²) in [5.74, 6) is 0.872. The van der Waals surface area contributed by atoms with E-state index in [0.29, 0.717) is 25.3 Å². The highest BCUT2D eigenvalue weighted by atomic mass is 32.2. The summed E-state index contributed by atoms with van der Waals surface area (Å²) >= 11 is 0. The first-order valence-electron chi connectivity index (χ1n) is 4.60. The Morgan fingerprint density at radius 1 is 1.47 bits per heavy atom. The van der Waals surface area contributed by atoms with Gasteiger partial charge in [-0.25, -0.2) is 13.1 Å². The third-order valence-corrected chi connectivity index (χ3v) is 2.86. The van der Waals surface area contributed by atoms with E-state index in [2.05, 4.69) is 20.8 Å². The first-order chi connectivity index (χ1) is 7.03. The molecule has 1 rings (SSSR count). The van der Waals surface area contributed by atoms with Gasteiger partial charge in [-0.2, -0.15) is 0 Å². The second kappa shape index (κ2) is 5.17. The highest BCUT2D eigenvalue weighted by Crippen LogP contribution is 1.96. The van der Waals surface area contributed by atoms with Crippen molar-refractivity contribution in [3.8, 4) is 0 Å². The third kappa shape index (κ3) is 4.34. The van der Waals surface area contributed by atoms with Crippen LogP contribution in [0.3, 0.4) is 0 Å². The van der Waals surface area contributed by atoms with Gasteiger partial charge in [-0.15, -0.1) is 5.10 Å². The number of aromatic nitrogens is 4. The van der Waals surface area contributed by atoms with Gasteiger partial charge in [0.2, 0.25) is 0 Å². The molecular formula is C7H15N5O2S. The molecule has 1 N–H and O–H groups in total. The van der Waals surface area contributed by atoms with Gasteiger partial charge in [0, 0.05) is 12.8 Å². The summed E-state index contributed by atoms with van der Waals surface area (Å²) in [6.45, 7) is 1.10. The maximum Gasteiger partial charge on any atom is 0.165 e. The van der Waals surface area contributed by atoms with E-state index >= 15 is 0 Å². The fourth-order valence-corrected chi connectivity index (χ4v) is 1.81. The van der Waals surface area contributed by atoms with Gasteiger partial charge in [-0.05, 0) is 23.9 Å². The standard InChI is InChI=1S/C7H15N5O2S/c1-8-6-7-9-10-11-12(7)4-3-5-15(2,13)14/h8H,3-6H2,1-2H3. The van der Waals surface area contributed by atoms with Crippen LogP contribution in [0.2, 0.25) is 0 Å². The number of sulfone groups is 1. The molecule has 0 unspecified atom stereocenters. The minimum absolute atomic E-state index is 0.159. The van der Waals surface area contributed by atoms with Crippen LogP contribution in [-0.4, -0.2) is 47.7 Å². The van der Waals surface area contributed by atoms with Crippen LogP contribution in [0.15, 0.2) is 0 Å². The van der Waals surface area contributed by atoms with Gasteiger partial charge in [0.05, 0.1) is 12.3 Å². The molecule has 0 aliphatic carbocycles. The molecule has 0 bridgehead atoms. The Bertz CT molecular complexity index is 399. The summed E-state index contributed by atoms with van der Waals surface area (Å²) < 4.78 is 23.4. The Morgan fingerprint density at radius 3 is 2.80 bits per heavy atom. The first kappa shape index (κ1) is 12.1. The Balaban J connectivity index is 2.47. The Labute approximate surface area is 88.8 Å². The lowest BCUT2D eigenvalue weighted by atomic mass is 10.4. The van der Waals surface area contributed by atoms with E-state index in [1.165, 1.54) is 6.26 Å². The van der Waals surface area contributed by atoms with Gasteiger partial charge in [0.1, 0.15) is 9.84 Å². The fourth-order valence-electron chi connectivity index (χ4n) is 1.16. The van der Waals surface area contributed by atoms with Crippen molar-refractivity contribution in [3.63, 3.8) is 0 Å². The average Bonchev–Trinajstić information content (AvgIpc) is 2.51. The van der Waals surface area contributed by atoms with Crippen molar-refractivity contribution in [1.29, 1.82) is 0 Å². The van der Waals surface area contributed by atoms with Crippen molar-refractivity contribution >= 4 is 9.84 Å². The van der Waals surface area contributed by atoms with E-state index in [-0.39, 0.29) is 5.75 Å². The molecule has 1 aromatic heterocycles. The van der Waals surface area contributed by atoms with Crippen LogP contribution < -0.4 is 5.32 Å². The summed E-state index contributed by atoms with van der Waals surface area (Å²) in [5, 5.41) is 14.1. The van der Waals surface area contributed by atoms with Crippen molar-refractivity contribution in [1.82, 2.24) is 25.5 Å². The maximum absolute atomic E-state index is 10.9. The van der Waals surface area contributed by atoms with Crippen LogP contribution in [0.4, 0.5) is 0 Å². The summed E-state index contributed by atoms with van der Waals surface area (Å²) in [6.07, 6.45) is 1.75. The number of tetrazole rings is 1. The minimum Gasteiger partial charge on any atom is -0.313 e. The smallest absolute Gasteiger partial charge is 0.165 e. The molecule has 86 valence electrons. The predicted octanol–water partition coefficient (Wildman–Crippen LogP) is -1.17. The van der Waals surface area contributed by atoms with Gasteiger partial charge in [-0.3, -0.25) is 0 Å². The summed E-state index contributed by atoms with van der Waals surface area (Å²) in [5.41, 5.74) is 0. The topological polar surface area (TPSA) is 89.8 Å². The van der Waals surface area contributed by atoms with E-state index in [1.807, 2.05) is 0 Å². The molecule has 15 heavy (non-hydrogen) atoms. The van der Waals surface area contributed by atoms with E-state index in [9.17, 15) is 8.42 Å². The third-order valence-electron chi connectivity index (χ3n) is 1.83. The number of hydrogen-bond acceptors (Lipinski definition) is 6. The Kier molecular flexibility index (Phi) is 4.15. The molecule has 0 saturated heterocycles. The van der Waals surface area contributed by atoms with Crippen LogP contribution in [-0.2, 0) is 22.9 Å². The van der Waals surface area contributed by atoms with Crippen LogP contribution in [0.5, 0.6) is 0 Å². The SMILES string of the molecule is CNCc1nnnn1CCCS(C)(=O)=O. The van der Waals surface area contributed by atoms with E-state index in [4.69, 9.17) is 0 Å². The zero-order valence-electron chi connectivity index (χ0n) is 8.84. The van der Waals surface area contributed by atoms with Gasteiger partial charge in [0.15, 0.2) is 5.82 Å². The molecule has 0 spiro atoms. The molecule has 0 aliphatic rings. The quantitative estimate of drug-likeness (QED) is 0.665. The number of nitrogens with zero attached hydrogens (tertiary/aromatic N) is 4. The highest BCUT2D eigenvalue weighted by molar-refractivity contribution is 7.90. The van der Waals surface area contributed by atoms with Crippen molar-refractivity contribution < 1.29 is 8.42 Å². The molecule has 0 atom stereocenters. The molecule has 0 radical (unpaired) electrons. The van der Waals surface area contributed by atoms with Crippen LogP contribution in [0.25, 0.3) is 0 Å². The number of nitrogens with one attached hydrogen (secondary N) is 1. The molecule has 0 aliphatic heterocycles. The molecule has 7 nitrogen and oxygen atoms in total. The van der Waals surface area contributed by atoms with Crippen LogP contribution >= 0.6 is 0 Å².